The van der Waals surface area contributed by atoms with Gasteiger partial charge in [0, 0.05) is 62.4 Å². The van der Waals surface area contributed by atoms with Crippen LogP contribution in [0.4, 0.5) is 11.8 Å². The number of pyridine rings is 1. The number of hydrogen-bond donors (Lipinski definition) is 2. The number of rotatable bonds is 6. The summed E-state index contributed by atoms with van der Waals surface area (Å²) >= 11 is 0. The molecule has 2 N–H and O–H groups in total. The van der Waals surface area contributed by atoms with E-state index >= 15 is 0 Å². The van der Waals surface area contributed by atoms with Gasteiger partial charge in [0.2, 0.25) is 5.95 Å². The molecule has 0 unspecified atom stereocenters. The summed E-state index contributed by atoms with van der Waals surface area (Å²) in [6.07, 6.45) is 11.6. The lowest BCUT2D eigenvalue weighted by atomic mass is 10.1. The number of anilines is 2. The molecule has 1 aliphatic rings. The summed E-state index contributed by atoms with van der Waals surface area (Å²) in [6, 6.07) is 4.11. The quantitative estimate of drug-likeness (QED) is 0.506. The zero-order chi connectivity index (χ0) is 20.2. The maximum Gasteiger partial charge on any atom is 0.222 e. The second-order valence-corrected chi connectivity index (χ2v) is 7.17. The van der Waals surface area contributed by atoms with Crippen molar-refractivity contribution in [3.8, 4) is 0 Å². The normalized spacial score (nSPS) is 14.2. The Morgan fingerprint density at radius 2 is 1.90 bits per heavy atom. The fourth-order valence-corrected chi connectivity index (χ4v) is 3.53. The highest BCUT2D eigenvalue weighted by Crippen LogP contribution is 2.18. The van der Waals surface area contributed by atoms with Crippen LogP contribution in [0.2, 0.25) is 0 Å². The first-order chi connectivity index (χ1) is 14.8. The molecule has 30 heavy (non-hydrogen) atoms. The largest absolute Gasteiger partial charge is 0.378 e. The first-order valence-electron chi connectivity index (χ1n) is 9.93. The molecule has 0 radical (unpaired) electrons. The Hall–Kier alpha value is -3.59. The summed E-state index contributed by atoms with van der Waals surface area (Å²) in [5.41, 5.74) is 4.14. The fraction of sp³-hybridized carbons (Fsp3) is 0.286. The van der Waals surface area contributed by atoms with Gasteiger partial charge in [-0.25, -0.2) is 24.9 Å². The van der Waals surface area contributed by atoms with Gasteiger partial charge >= 0.3 is 0 Å². The number of H-pyrrole nitrogens is 1. The van der Waals surface area contributed by atoms with Gasteiger partial charge in [-0.1, -0.05) is 0 Å². The number of aromatic nitrogens is 6. The summed E-state index contributed by atoms with van der Waals surface area (Å²) in [6.45, 7) is 3.87. The van der Waals surface area contributed by atoms with Crippen molar-refractivity contribution in [2.75, 3.05) is 36.5 Å². The number of nitrogens with one attached hydrogen (secondary N) is 2. The Morgan fingerprint density at radius 3 is 2.77 bits per heavy atom. The van der Waals surface area contributed by atoms with Gasteiger partial charge in [0.25, 0.3) is 0 Å². The maximum atomic E-state index is 5.41. The van der Waals surface area contributed by atoms with Gasteiger partial charge in [0.05, 0.1) is 13.2 Å². The minimum absolute atomic E-state index is 0.603. The van der Waals surface area contributed by atoms with Crippen molar-refractivity contribution in [1.82, 2.24) is 29.9 Å². The lowest BCUT2D eigenvalue weighted by Crippen LogP contribution is -2.36. The van der Waals surface area contributed by atoms with Crippen molar-refractivity contribution in [2.45, 2.75) is 13.0 Å². The SMILES string of the molecule is c1cc(CNc2ncc(Cc3c[nH]c4ncncc34)cn2)cc(N2CCOCC2)n1. The van der Waals surface area contributed by atoms with Gasteiger partial charge in [-0.2, -0.15) is 0 Å². The van der Waals surface area contributed by atoms with Crippen molar-refractivity contribution in [3.63, 3.8) is 0 Å². The molecule has 1 saturated heterocycles. The molecule has 4 aromatic heterocycles. The molecule has 5 rings (SSSR count). The summed E-state index contributed by atoms with van der Waals surface area (Å²) in [5.74, 6) is 1.59. The Kier molecular flexibility index (Phi) is 5.17. The average molecular weight is 402 g/mol. The van der Waals surface area contributed by atoms with Crippen LogP contribution in [0.3, 0.4) is 0 Å². The Labute approximate surface area is 173 Å². The van der Waals surface area contributed by atoms with Crippen LogP contribution in [-0.2, 0) is 17.7 Å². The van der Waals surface area contributed by atoms with E-state index in [4.69, 9.17) is 4.74 Å². The molecule has 1 aliphatic heterocycles. The third kappa shape index (κ3) is 4.06. The van der Waals surface area contributed by atoms with Gasteiger partial charge in [0.1, 0.15) is 17.8 Å². The first kappa shape index (κ1) is 18.4. The van der Waals surface area contributed by atoms with Crippen molar-refractivity contribution < 1.29 is 4.74 Å². The smallest absolute Gasteiger partial charge is 0.222 e. The van der Waals surface area contributed by atoms with E-state index in [1.54, 1.807) is 6.33 Å². The third-order valence-corrected chi connectivity index (χ3v) is 5.14. The molecule has 4 aromatic rings. The minimum Gasteiger partial charge on any atom is -0.378 e. The van der Waals surface area contributed by atoms with E-state index in [9.17, 15) is 0 Å². The van der Waals surface area contributed by atoms with E-state index in [1.807, 2.05) is 37.1 Å². The highest BCUT2D eigenvalue weighted by atomic mass is 16.5. The van der Waals surface area contributed by atoms with Crippen molar-refractivity contribution in [3.05, 3.63) is 66.1 Å². The highest BCUT2D eigenvalue weighted by molar-refractivity contribution is 5.78. The van der Waals surface area contributed by atoms with Crippen LogP contribution in [0.15, 0.2) is 49.4 Å². The zero-order valence-corrected chi connectivity index (χ0v) is 16.5. The van der Waals surface area contributed by atoms with Crippen molar-refractivity contribution >= 4 is 22.8 Å². The van der Waals surface area contributed by atoms with Crippen LogP contribution in [0.5, 0.6) is 0 Å². The summed E-state index contributed by atoms with van der Waals surface area (Å²) < 4.78 is 5.41. The fourth-order valence-electron chi connectivity index (χ4n) is 3.53. The summed E-state index contributed by atoms with van der Waals surface area (Å²) in [5, 5.41) is 4.31. The molecule has 0 aromatic carbocycles. The van der Waals surface area contributed by atoms with Crippen LogP contribution < -0.4 is 10.2 Å². The Bertz CT molecular complexity index is 1120. The number of aromatic amines is 1. The van der Waals surface area contributed by atoms with E-state index < -0.39 is 0 Å². The van der Waals surface area contributed by atoms with Crippen LogP contribution in [0.25, 0.3) is 11.0 Å². The second kappa shape index (κ2) is 8.42. The van der Waals surface area contributed by atoms with Crippen molar-refractivity contribution in [1.29, 1.82) is 0 Å². The molecular weight excluding hydrogens is 380 g/mol. The van der Waals surface area contributed by atoms with Gasteiger partial charge < -0.3 is 19.9 Å². The van der Waals surface area contributed by atoms with E-state index in [0.717, 1.165) is 66.3 Å². The summed E-state index contributed by atoms with van der Waals surface area (Å²) in [4.78, 5) is 27.1. The number of hydrogen-bond acceptors (Lipinski definition) is 8. The topological polar surface area (TPSA) is 105 Å². The number of ether oxygens (including phenoxy) is 1. The number of nitrogens with zero attached hydrogens (tertiary/aromatic N) is 6. The molecule has 0 aliphatic carbocycles. The molecule has 152 valence electrons. The lowest BCUT2D eigenvalue weighted by Gasteiger charge is -2.28. The van der Waals surface area contributed by atoms with E-state index in [2.05, 4.69) is 46.2 Å². The third-order valence-electron chi connectivity index (χ3n) is 5.14. The number of morpholine rings is 1. The van der Waals surface area contributed by atoms with Crippen LogP contribution in [0.1, 0.15) is 16.7 Å². The Morgan fingerprint density at radius 1 is 1.03 bits per heavy atom. The molecule has 0 atom stereocenters. The molecule has 0 spiro atoms. The van der Waals surface area contributed by atoms with Gasteiger partial charge in [-0.15, -0.1) is 0 Å². The van der Waals surface area contributed by atoms with Crippen LogP contribution in [0, 0.1) is 0 Å². The maximum absolute atomic E-state index is 5.41. The monoisotopic (exact) mass is 402 g/mol. The molecule has 9 nitrogen and oxygen atoms in total. The zero-order valence-electron chi connectivity index (χ0n) is 16.5. The van der Waals surface area contributed by atoms with E-state index in [1.165, 1.54) is 0 Å². The Balaban J connectivity index is 1.21. The molecule has 0 saturated carbocycles. The van der Waals surface area contributed by atoms with E-state index in [0.29, 0.717) is 12.5 Å². The number of fused-ring (bicyclic) bond motifs is 1. The van der Waals surface area contributed by atoms with Crippen molar-refractivity contribution in [2.24, 2.45) is 0 Å². The molecular formula is C21H22N8O. The minimum atomic E-state index is 0.603. The van der Waals surface area contributed by atoms with E-state index in [-0.39, 0.29) is 0 Å². The second-order valence-electron chi connectivity index (χ2n) is 7.17. The van der Waals surface area contributed by atoms with Crippen LogP contribution in [-0.4, -0.2) is 56.2 Å². The molecule has 1 fully saturated rings. The predicted molar refractivity (Wildman–Crippen MR) is 113 cm³/mol. The van der Waals surface area contributed by atoms with Crippen LogP contribution >= 0.6 is 0 Å². The first-order valence-corrected chi connectivity index (χ1v) is 9.93. The van der Waals surface area contributed by atoms with Gasteiger partial charge in [-0.05, 0) is 28.8 Å². The predicted octanol–water partition coefficient (Wildman–Crippen LogP) is 2.18. The highest BCUT2D eigenvalue weighted by Gasteiger charge is 2.12. The average Bonchev–Trinajstić information content (AvgIpc) is 3.22. The van der Waals surface area contributed by atoms with Gasteiger partial charge in [-0.3, -0.25) is 0 Å². The molecule has 9 heteroatoms. The molecule has 0 amide bonds. The van der Waals surface area contributed by atoms with Gasteiger partial charge in [0.15, 0.2) is 0 Å². The standard InChI is InChI=1S/C21H22N8O/c1-2-23-19(29-3-5-30-6-4-29)8-15(1)9-25-21-26-10-16(11-27-21)7-17-12-24-20-18(17)13-22-14-28-20/h1-2,8,10-14H,3-7,9H2,(H,22,24,28)(H,25,26,27). The summed E-state index contributed by atoms with van der Waals surface area (Å²) in [7, 11) is 0. The molecule has 0 bridgehead atoms. The lowest BCUT2D eigenvalue weighted by molar-refractivity contribution is 0.122. The molecule has 5 heterocycles.